The normalized spacial score (nSPS) is 9.55. The highest BCUT2D eigenvalue weighted by atomic mass is 79.9. The molecule has 60 valence electrons. The summed E-state index contributed by atoms with van der Waals surface area (Å²) in [7, 11) is 1.89. The fourth-order valence-electron chi connectivity index (χ4n) is 0.730. The molecule has 0 saturated carbocycles. The fraction of sp³-hybridized carbons (Fsp3) is 0.143. The maximum atomic E-state index is 8.20. The van der Waals surface area contributed by atoms with Crippen LogP contribution >= 0.6 is 0 Å². The average Bonchev–Trinajstić information content (AvgIpc) is 1.94. The molecule has 0 spiro atoms. The predicted molar refractivity (Wildman–Crippen MR) is 37.0 cm³/mol. The van der Waals surface area contributed by atoms with Crippen molar-refractivity contribution >= 4 is 6.21 Å². The van der Waals surface area contributed by atoms with E-state index in [2.05, 4.69) is 5.16 Å². The van der Waals surface area contributed by atoms with E-state index in [1.165, 1.54) is 6.21 Å². The predicted octanol–water partition coefficient (Wildman–Crippen LogP) is -2.68. The smallest absolute Gasteiger partial charge is 0.226 e. The van der Waals surface area contributed by atoms with E-state index in [0.717, 1.165) is 5.69 Å². The second-order valence-electron chi connectivity index (χ2n) is 1.98. The Labute approximate surface area is 75.7 Å². The summed E-state index contributed by atoms with van der Waals surface area (Å²) in [5.41, 5.74) is 0.866. The topological polar surface area (TPSA) is 36.5 Å². The molecule has 0 unspecified atom stereocenters. The van der Waals surface area contributed by atoms with E-state index >= 15 is 0 Å². The molecule has 0 amide bonds. The molecule has 1 aromatic heterocycles. The van der Waals surface area contributed by atoms with E-state index in [9.17, 15) is 0 Å². The Hall–Kier alpha value is -0.900. The third-order valence-corrected chi connectivity index (χ3v) is 1.29. The first-order chi connectivity index (χ1) is 4.84. The van der Waals surface area contributed by atoms with Crippen molar-refractivity contribution in [3.05, 3.63) is 30.1 Å². The number of rotatable bonds is 1. The first-order valence-corrected chi connectivity index (χ1v) is 2.96. The van der Waals surface area contributed by atoms with Gasteiger partial charge in [-0.2, -0.15) is 0 Å². The number of aromatic nitrogens is 1. The number of oxime groups is 1. The summed E-state index contributed by atoms with van der Waals surface area (Å²) in [4.78, 5) is 0. The van der Waals surface area contributed by atoms with Crippen molar-refractivity contribution in [1.29, 1.82) is 0 Å². The summed E-state index contributed by atoms with van der Waals surface area (Å²) < 4.78 is 1.86. The van der Waals surface area contributed by atoms with Crippen LogP contribution in [0.1, 0.15) is 5.69 Å². The number of aryl methyl sites for hydroxylation is 1. The van der Waals surface area contributed by atoms with Crippen LogP contribution in [-0.4, -0.2) is 11.4 Å². The first-order valence-electron chi connectivity index (χ1n) is 2.96. The minimum atomic E-state index is 0. The summed E-state index contributed by atoms with van der Waals surface area (Å²) in [6.45, 7) is 0. The largest absolute Gasteiger partial charge is 1.00 e. The molecule has 0 bridgehead atoms. The molecule has 11 heavy (non-hydrogen) atoms. The van der Waals surface area contributed by atoms with Crippen LogP contribution in [0.15, 0.2) is 29.6 Å². The molecular formula is C7H9BrN2O. The van der Waals surface area contributed by atoms with Crippen LogP contribution in [-0.2, 0) is 7.05 Å². The SMILES string of the molecule is C[n+]1ccccc1/C=N/O.[Br-]. The van der Waals surface area contributed by atoms with Gasteiger partial charge in [0.15, 0.2) is 6.20 Å². The number of pyridine rings is 1. The van der Waals surface area contributed by atoms with Gasteiger partial charge in [-0.3, -0.25) is 0 Å². The van der Waals surface area contributed by atoms with Gasteiger partial charge in [0.25, 0.3) is 0 Å². The van der Waals surface area contributed by atoms with E-state index < -0.39 is 0 Å². The Bertz CT molecular complexity index is 250. The maximum absolute atomic E-state index is 8.20. The quantitative estimate of drug-likeness (QED) is 0.237. The summed E-state index contributed by atoms with van der Waals surface area (Å²) in [6.07, 6.45) is 3.27. The number of hydrogen-bond acceptors (Lipinski definition) is 2. The highest BCUT2D eigenvalue weighted by molar-refractivity contribution is 5.74. The Balaban J connectivity index is 0.000001000. The molecule has 0 radical (unpaired) electrons. The first kappa shape index (κ1) is 10.1. The molecule has 0 saturated heterocycles. The van der Waals surface area contributed by atoms with Gasteiger partial charge in [0.05, 0.1) is 0 Å². The van der Waals surface area contributed by atoms with E-state index in [1.54, 1.807) is 0 Å². The Morgan fingerprint density at radius 1 is 1.55 bits per heavy atom. The standard InChI is InChI=1S/C7H8N2O.BrH/c1-9-5-3-2-4-7(9)6-8-10;/h2-6H,1H3;1H. The van der Waals surface area contributed by atoms with Crippen LogP contribution in [0.25, 0.3) is 0 Å². The molecule has 0 atom stereocenters. The number of halogens is 1. The maximum Gasteiger partial charge on any atom is 0.226 e. The summed E-state index contributed by atoms with van der Waals surface area (Å²) >= 11 is 0. The third kappa shape index (κ3) is 2.67. The van der Waals surface area contributed by atoms with E-state index in [-0.39, 0.29) is 17.0 Å². The van der Waals surface area contributed by atoms with Gasteiger partial charge in [0.1, 0.15) is 13.3 Å². The molecule has 4 heteroatoms. The number of hydrogen-bond donors (Lipinski definition) is 1. The molecule has 3 nitrogen and oxygen atoms in total. The van der Waals surface area contributed by atoms with Gasteiger partial charge in [-0.15, -0.1) is 0 Å². The van der Waals surface area contributed by atoms with Crippen molar-refractivity contribution in [3.63, 3.8) is 0 Å². The Morgan fingerprint density at radius 3 is 2.82 bits per heavy atom. The van der Waals surface area contributed by atoms with Gasteiger partial charge in [-0.25, -0.2) is 4.57 Å². The van der Waals surface area contributed by atoms with Crippen LogP contribution < -0.4 is 21.5 Å². The zero-order valence-corrected chi connectivity index (χ0v) is 7.69. The summed E-state index contributed by atoms with van der Waals surface area (Å²) in [5, 5.41) is 11.1. The molecule has 1 heterocycles. The van der Waals surface area contributed by atoms with Gasteiger partial charge in [-0.1, -0.05) is 5.16 Å². The summed E-state index contributed by atoms with van der Waals surface area (Å²) in [5.74, 6) is 0. The Morgan fingerprint density at radius 2 is 2.27 bits per heavy atom. The van der Waals surface area contributed by atoms with E-state index in [1.807, 2.05) is 36.0 Å². The molecular weight excluding hydrogens is 208 g/mol. The van der Waals surface area contributed by atoms with Crippen molar-refractivity contribution < 1.29 is 26.8 Å². The van der Waals surface area contributed by atoms with Crippen LogP contribution in [0.5, 0.6) is 0 Å². The van der Waals surface area contributed by atoms with Crippen LogP contribution in [0, 0.1) is 0 Å². The third-order valence-electron chi connectivity index (χ3n) is 1.29. The lowest BCUT2D eigenvalue weighted by Gasteiger charge is -1.88. The second-order valence-corrected chi connectivity index (χ2v) is 1.98. The van der Waals surface area contributed by atoms with Crippen LogP contribution in [0.3, 0.4) is 0 Å². The minimum absolute atomic E-state index is 0. The average molecular weight is 217 g/mol. The van der Waals surface area contributed by atoms with E-state index in [0.29, 0.717) is 0 Å². The highest BCUT2D eigenvalue weighted by Crippen LogP contribution is 1.84. The lowest BCUT2D eigenvalue weighted by atomic mass is 10.4. The van der Waals surface area contributed by atoms with Crippen LogP contribution in [0.2, 0.25) is 0 Å². The molecule has 0 aromatic carbocycles. The fourth-order valence-corrected chi connectivity index (χ4v) is 0.730. The van der Waals surface area contributed by atoms with Gasteiger partial charge in [0.2, 0.25) is 5.69 Å². The van der Waals surface area contributed by atoms with Gasteiger partial charge in [-0.05, 0) is 6.07 Å². The zero-order valence-electron chi connectivity index (χ0n) is 6.11. The molecule has 0 aliphatic carbocycles. The van der Waals surface area contributed by atoms with E-state index in [4.69, 9.17) is 5.21 Å². The molecule has 0 aliphatic heterocycles. The highest BCUT2D eigenvalue weighted by Gasteiger charge is 1.98. The van der Waals surface area contributed by atoms with Gasteiger partial charge < -0.3 is 22.2 Å². The monoisotopic (exact) mass is 216 g/mol. The minimum Gasteiger partial charge on any atom is -1.00 e. The molecule has 1 rings (SSSR count). The molecule has 0 aliphatic rings. The van der Waals surface area contributed by atoms with Gasteiger partial charge in [0, 0.05) is 12.1 Å². The van der Waals surface area contributed by atoms with Crippen molar-refractivity contribution in [2.24, 2.45) is 12.2 Å². The lowest BCUT2D eigenvalue weighted by Crippen LogP contribution is -3.00. The number of nitrogens with zero attached hydrogens (tertiary/aromatic N) is 2. The molecule has 0 fully saturated rings. The second kappa shape index (κ2) is 4.85. The van der Waals surface area contributed by atoms with Crippen LogP contribution in [0.4, 0.5) is 0 Å². The van der Waals surface area contributed by atoms with Crippen molar-refractivity contribution in [2.45, 2.75) is 0 Å². The zero-order chi connectivity index (χ0) is 7.40. The summed E-state index contributed by atoms with van der Waals surface area (Å²) in [6, 6.07) is 5.66. The molecule has 1 N–H and O–H groups in total. The lowest BCUT2D eigenvalue weighted by molar-refractivity contribution is -0.672. The van der Waals surface area contributed by atoms with Gasteiger partial charge >= 0.3 is 0 Å². The van der Waals surface area contributed by atoms with Crippen molar-refractivity contribution in [2.75, 3.05) is 0 Å². The van der Waals surface area contributed by atoms with Crippen molar-refractivity contribution in [1.82, 2.24) is 0 Å². The van der Waals surface area contributed by atoms with Crippen molar-refractivity contribution in [3.8, 4) is 0 Å². The Kier molecular flexibility index (Phi) is 4.45. The molecule has 1 aromatic rings.